The molecule has 102 valence electrons. The second-order valence-electron chi connectivity index (χ2n) is 3.84. The third kappa shape index (κ3) is 6.18. The van der Waals surface area contributed by atoms with E-state index in [2.05, 4.69) is 47.4 Å². The van der Waals surface area contributed by atoms with Crippen LogP contribution in [-0.2, 0) is 6.42 Å². The molecule has 18 heavy (non-hydrogen) atoms. The number of aromatic nitrogens is 1. The highest BCUT2D eigenvalue weighted by atomic mass is 127. The first-order chi connectivity index (χ1) is 8.27. The first kappa shape index (κ1) is 17.2. The minimum Gasteiger partial charge on any atom is -0.357 e. The second-order valence-corrected chi connectivity index (χ2v) is 3.84. The lowest BCUT2D eigenvalue weighted by Gasteiger charge is -2.09. The normalized spacial score (nSPS) is 9.28. The van der Waals surface area contributed by atoms with E-state index in [1.807, 2.05) is 12.4 Å². The molecule has 0 saturated carbocycles. The number of aryl methyl sites for hydroxylation is 1. The number of halogens is 1. The molecular weight excluding hydrogens is 339 g/mol. The van der Waals surface area contributed by atoms with Gasteiger partial charge in [0.25, 0.3) is 0 Å². The fraction of sp³-hybridized carbons (Fsp3) is 0.538. The number of nitrogens with one attached hydrogen (secondary N) is 2. The van der Waals surface area contributed by atoms with Gasteiger partial charge in [-0.25, -0.2) is 0 Å². The van der Waals surface area contributed by atoms with E-state index < -0.39 is 0 Å². The van der Waals surface area contributed by atoms with E-state index in [1.54, 1.807) is 0 Å². The molecule has 0 aliphatic rings. The summed E-state index contributed by atoms with van der Waals surface area (Å²) in [5, 5.41) is 6.42. The molecule has 1 rings (SSSR count). The Hall–Kier alpha value is -0.850. The molecule has 0 saturated heterocycles. The summed E-state index contributed by atoms with van der Waals surface area (Å²) in [6.07, 6.45) is 4.69. The van der Waals surface area contributed by atoms with Gasteiger partial charge in [0.15, 0.2) is 5.96 Å². The molecule has 1 aromatic rings. The van der Waals surface area contributed by atoms with Gasteiger partial charge < -0.3 is 10.6 Å². The number of aliphatic imine (C=N–C) groups is 1. The zero-order valence-electron chi connectivity index (χ0n) is 11.4. The summed E-state index contributed by atoms with van der Waals surface area (Å²) in [6.45, 7) is 8.79. The first-order valence-electron chi connectivity index (χ1n) is 6.19. The molecule has 5 heteroatoms. The number of rotatable bonds is 5. The van der Waals surface area contributed by atoms with Crippen molar-refractivity contribution in [1.82, 2.24) is 15.6 Å². The van der Waals surface area contributed by atoms with Crippen LogP contribution in [0.25, 0.3) is 0 Å². The number of guanidine groups is 1. The van der Waals surface area contributed by atoms with Crippen molar-refractivity contribution in [1.29, 1.82) is 0 Å². The number of nitrogens with zero attached hydrogens (tertiary/aromatic N) is 2. The summed E-state index contributed by atoms with van der Waals surface area (Å²) in [6, 6.07) is 2.06. The summed E-state index contributed by atoms with van der Waals surface area (Å²) in [4.78, 5) is 8.60. The Morgan fingerprint density at radius 3 is 2.50 bits per heavy atom. The molecule has 0 unspecified atom stereocenters. The number of pyridine rings is 1. The van der Waals surface area contributed by atoms with E-state index in [0.29, 0.717) is 0 Å². The van der Waals surface area contributed by atoms with Crippen molar-refractivity contribution in [2.24, 2.45) is 4.99 Å². The molecule has 0 fully saturated rings. The maximum Gasteiger partial charge on any atom is 0.191 e. The molecule has 0 amide bonds. The van der Waals surface area contributed by atoms with Crippen LogP contribution in [0.5, 0.6) is 0 Å². The topological polar surface area (TPSA) is 49.3 Å². The molecule has 4 nitrogen and oxygen atoms in total. The zero-order valence-corrected chi connectivity index (χ0v) is 13.7. The highest BCUT2D eigenvalue weighted by Crippen LogP contribution is 2.05. The van der Waals surface area contributed by atoms with Crippen molar-refractivity contribution in [3.05, 3.63) is 29.6 Å². The smallest absolute Gasteiger partial charge is 0.191 e. The van der Waals surface area contributed by atoms with E-state index in [0.717, 1.165) is 32.0 Å². The summed E-state index contributed by atoms with van der Waals surface area (Å²) >= 11 is 0. The van der Waals surface area contributed by atoms with Gasteiger partial charge in [-0.05, 0) is 44.4 Å². The van der Waals surface area contributed by atoms with Crippen molar-refractivity contribution in [2.45, 2.75) is 27.2 Å². The maximum atomic E-state index is 4.51. The SMILES string of the molecule is CCNC(=NCCc1ccncc1C)NCC.I. The summed E-state index contributed by atoms with van der Waals surface area (Å²) in [5.41, 5.74) is 2.55. The van der Waals surface area contributed by atoms with Crippen LogP contribution in [-0.4, -0.2) is 30.6 Å². The van der Waals surface area contributed by atoms with Crippen molar-refractivity contribution in [3.63, 3.8) is 0 Å². The lowest BCUT2D eigenvalue weighted by molar-refractivity contribution is 0.831. The van der Waals surface area contributed by atoms with Crippen LogP contribution in [0.1, 0.15) is 25.0 Å². The summed E-state index contributed by atoms with van der Waals surface area (Å²) in [5.74, 6) is 0.890. The Morgan fingerprint density at radius 1 is 1.28 bits per heavy atom. The Labute approximate surface area is 127 Å². The monoisotopic (exact) mass is 362 g/mol. The Morgan fingerprint density at radius 2 is 1.94 bits per heavy atom. The summed E-state index contributed by atoms with van der Waals surface area (Å²) in [7, 11) is 0. The Bertz CT molecular complexity index is 358. The number of hydrogen-bond acceptors (Lipinski definition) is 2. The maximum absolute atomic E-state index is 4.51. The van der Waals surface area contributed by atoms with Crippen LogP contribution in [0.3, 0.4) is 0 Å². The molecule has 1 heterocycles. The van der Waals surface area contributed by atoms with Crippen LogP contribution >= 0.6 is 24.0 Å². The molecule has 0 aliphatic carbocycles. The van der Waals surface area contributed by atoms with Crippen LogP contribution in [0.4, 0.5) is 0 Å². The predicted molar refractivity (Wildman–Crippen MR) is 87.7 cm³/mol. The molecule has 0 spiro atoms. The zero-order chi connectivity index (χ0) is 12.5. The van der Waals surface area contributed by atoms with Gasteiger partial charge in [-0.15, -0.1) is 24.0 Å². The lowest BCUT2D eigenvalue weighted by atomic mass is 10.1. The third-order valence-corrected chi connectivity index (χ3v) is 2.48. The highest BCUT2D eigenvalue weighted by molar-refractivity contribution is 14.0. The van der Waals surface area contributed by atoms with Crippen LogP contribution in [0.2, 0.25) is 0 Å². The molecule has 2 N–H and O–H groups in total. The van der Waals surface area contributed by atoms with Gasteiger partial charge in [0.2, 0.25) is 0 Å². The third-order valence-electron chi connectivity index (χ3n) is 2.48. The van der Waals surface area contributed by atoms with Gasteiger partial charge in [0, 0.05) is 32.0 Å². The van der Waals surface area contributed by atoms with Crippen LogP contribution in [0.15, 0.2) is 23.5 Å². The van der Waals surface area contributed by atoms with E-state index in [-0.39, 0.29) is 24.0 Å². The van der Waals surface area contributed by atoms with Gasteiger partial charge in [-0.2, -0.15) is 0 Å². The van der Waals surface area contributed by atoms with Gasteiger partial charge in [-0.3, -0.25) is 9.98 Å². The standard InChI is InChI=1S/C13H22N4.HI/c1-4-15-13(16-5-2)17-9-7-12-6-8-14-10-11(12)3;/h6,8,10H,4-5,7,9H2,1-3H3,(H2,15,16,17);1H. The minimum atomic E-state index is 0. The van der Waals surface area contributed by atoms with Crippen LogP contribution < -0.4 is 10.6 Å². The average Bonchev–Trinajstić information content (AvgIpc) is 2.32. The van der Waals surface area contributed by atoms with Crippen LogP contribution in [0, 0.1) is 6.92 Å². The molecular formula is C13H23IN4. The number of hydrogen-bond donors (Lipinski definition) is 2. The quantitative estimate of drug-likeness (QED) is 0.479. The van der Waals surface area contributed by atoms with Crippen molar-refractivity contribution in [2.75, 3.05) is 19.6 Å². The first-order valence-corrected chi connectivity index (χ1v) is 6.19. The average molecular weight is 362 g/mol. The Balaban J connectivity index is 0.00000289. The van der Waals surface area contributed by atoms with E-state index >= 15 is 0 Å². The van der Waals surface area contributed by atoms with Crippen molar-refractivity contribution < 1.29 is 0 Å². The molecule has 1 aromatic heterocycles. The van der Waals surface area contributed by atoms with Gasteiger partial charge >= 0.3 is 0 Å². The largest absolute Gasteiger partial charge is 0.357 e. The molecule has 0 bridgehead atoms. The van der Waals surface area contributed by atoms with Gasteiger partial charge in [-0.1, -0.05) is 0 Å². The Kier molecular flexibility index (Phi) is 9.63. The highest BCUT2D eigenvalue weighted by Gasteiger charge is 1.98. The van der Waals surface area contributed by atoms with E-state index in [1.165, 1.54) is 11.1 Å². The van der Waals surface area contributed by atoms with E-state index in [9.17, 15) is 0 Å². The van der Waals surface area contributed by atoms with E-state index in [4.69, 9.17) is 0 Å². The molecule has 0 radical (unpaired) electrons. The molecule has 0 aromatic carbocycles. The van der Waals surface area contributed by atoms with Crippen molar-refractivity contribution >= 4 is 29.9 Å². The van der Waals surface area contributed by atoms with Gasteiger partial charge in [0.1, 0.15) is 0 Å². The predicted octanol–water partition coefficient (Wildman–Crippen LogP) is 2.13. The van der Waals surface area contributed by atoms with Crippen molar-refractivity contribution in [3.8, 4) is 0 Å². The fourth-order valence-electron chi connectivity index (χ4n) is 1.58. The minimum absolute atomic E-state index is 0. The molecule has 0 aliphatic heterocycles. The lowest BCUT2D eigenvalue weighted by Crippen LogP contribution is -2.37. The fourth-order valence-corrected chi connectivity index (χ4v) is 1.58. The second kappa shape index (κ2) is 10.1. The van der Waals surface area contributed by atoms with Gasteiger partial charge in [0.05, 0.1) is 0 Å². The molecule has 0 atom stereocenters. The summed E-state index contributed by atoms with van der Waals surface area (Å²) < 4.78 is 0.